The summed E-state index contributed by atoms with van der Waals surface area (Å²) >= 11 is 0. The number of rotatable bonds is 6. The monoisotopic (exact) mass is 372 g/mol. The highest BCUT2D eigenvalue weighted by atomic mass is 19.1. The predicted octanol–water partition coefficient (Wildman–Crippen LogP) is 3.80. The summed E-state index contributed by atoms with van der Waals surface area (Å²) < 4.78 is 23.9. The molecule has 0 bridgehead atoms. The second kappa shape index (κ2) is 8.86. The summed E-state index contributed by atoms with van der Waals surface area (Å²) in [5, 5.41) is 2.96. The Morgan fingerprint density at radius 1 is 1.22 bits per heavy atom. The highest BCUT2D eigenvalue weighted by Gasteiger charge is 2.16. The van der Waals surface area contributed by atoms with E-state index in [1.807, 2.05) is 25.1 Å². The third-order valence-corrected chi connectivity index (χ3v) is 4.76. The smallest absolute Gasteiger partial charge is 0.225 e. The molecule has 1 amide bonds. The van der Waals surface area contributed by atoms with Gasteiger partial charge >= 0.3 is 0 Å². The topological polar surface area (TPSA) is 50.8 Å². The Hall–Kier alpha value is -2.60. The molecule has 2 aromatic rings. The van der Waals surface area contributed by atoms with Crippen LogP contribution in [0.15, 0.2) is 42.5 Å². The lowest BCUT2D eigenvalue weighted by atomic mass is 9.97. The molecule has 1 unspecified atom stereocenters. The van der Waals surface area contributed by atoms with Gasteiger partial charge in [0.05, 0.1) is 26.0 Å². The molecule has 1 fully saturated rings. The van der Waals surface area contributed by atoms with E-state index in [1.165, 1.54) is 12.1 Å². The average molecular weight is 372 g/mol. The van der Waals surface area contributed by atoms with Gasteiger partial charge in [0.15, 0.2) is 0 Å². The van der Waals surface area contributed by atoms with E-state index in [0.717, 1.165) is 24.3 Å². The number of hydrogen-bond acceptors (Lipinski definition) is 4. The van der Waals surface area contributed by atoms with Crippen molar-refractivity contribution in [1.82, 2.24) is 0 Å². The van der Waals surface area contributed by atoms with E-state index >= 15 is 0 Å². The lowest BCUT2D eigenvalue weighted by Crippen LogP contribution is -2.36. The van der Waals surface area contributed by atoms with Crippen molar-refractivity contribution in [1.29, 1.82) is 0 Å². The minimum absolute atomic E-state index is 0.0148. The summed E-state index contributed by atoms with van der Waals surface area (Å²) in [5.41, 5.74) is 2.61. The molecule has 6 heteroatoms. The number of ether oxygens (including phenoxy) is 2. The standard InChI is InChI=1S/C21H25FN2O3/c1-15(16-3-5-17(22)6-4-16)13-21(25)23-19-14-18(7-8-20(19)26-2)24-9-11-27-12-10-24/h3-8,14-15H,9-13H2,1-2H3,(H,23,25). The molecular formula is C21H25FN2O3. The fraction of sp³-hybridized carbons (Fsp3) is 0.381. The van der Waals surface area contributed by atoms with Gasteiger partial charge in [-0.1, -0.05) is 19.1 Å². The van der Waals surface area contributed by atoms with Gasteiger partial charge < -0.3 is 19.7 Å². The molecule has 1 atom stereocenters. The van der Waals surface area contributed by atoms with Crippen LogP contribution < -0.4 is 15.0 Å². The number of anilines is 2. The fourth-order valence-corrected chi connectivity index (χ4v) is 3.20. The molecule has 3 rings (SSSR count). The highest BCUT2D eigenvalue weighted by molar-refractivity contribution is 5.93. The molecule has 2 aromatic carbocycles. The van der Waals surface area contributed by atoms with Gasteiger partial charge in [0.25, 0.3) is 0 Å². The zero-order valence-corrected chi connectivity index (χ0v) is 15.7. The van der Waals surface area contributed by atoms with Crippen LogP contribution in [0.5, 0.6) is 5.75 Å². The molecule has 1 N–H and O–H groups in total. The summed E-state index contributed by atoms with van der Waals surface area (Å²) in [6.07, 6.45) is 0.302. The van der Waals surface area contributed by atoms with Crippen LogP contribution in [0.25, 0.3) is 0 Å². The van der Waals surface area contributed by atoms with Crippen LogP contribution in [0.2, 0.25) is 0 Å². The molecule has 1 aliphatic heterocycles. The Morgan fingerprint density at radius 2 is 1.93 bits per heavy atom. The molecule has 27 heavy (non-hydrogen) atoms. The number of carbonyl (C=O) groups is 1. The van der Waals surface area contributed by atoms with Crippen molar-refractivity contribution in [3.8, 4) is 5.75 Å². The highest BCUT2D eigenvalue weighted by Crippen LogP contribution is 2.31. The van der Waals surface area contributed by atoms with Crippen LogP contribution in [-0.2, 0) is 9.53 Å². The van der Waals surface area contributed by atoms with E-state index in [9.17, 15) is 9.18 Å². The molecule has 0 aromatic heterocycles. The van der Waals surface area contributed by atoms with Gasteiger partial charge in [-0.3, -0.25) is 4.79 Å². The number of morpholine rings is 1. The molecule has 0 radical (unpaired) electrons. The summed E-state index contributed by atoms with van der Waals surface area (Å²) in [7, 11) is 1.58. The molecule has 0 aliphatic carbocycles. The number of methoxy groups -OCH3 is 1. The largest absolute Gasteiger partial charge is 0.495 e. The van der Waals surface area contributed by atoms with Crippen LogP contribution in [0.1, 0.15) is 24.8 Å². The Labute approximate surface area is 159 Å². The first-order chi connectivity index (χ1) is 13.1. The number of nitrogens with zero attached hydrogens (tertiary/aromatic N) is 1. The SMILES string of the molecule is COc1ccc(N2CCOCC2)cc1NC(=O)CC(C)c1ccc(F)cc1. The first-order valence-corrected chi connectivity index (χ1v) is 9.13. The zero-order chi connectivity index (χ0) is 19.2. The Morgan fingerprint density at radius 3 is 2.59 bits per heavy atom. The first kappa shape index (κ1) is 19.2. The van der Waals surface area contributed by atoms with Gasteiger partial charge in [0.1, 0.15) is 11.6 Å². The minimum atomic E-state index is -0.278. The van der Waals surface area contributed by atoms with E-state index in [1.54, 1.807) is 19.2 Å². The second-order valence-corrected chi connectivity index (χ2v) is 6.69. The number of hydrogen-bond donors (Lipinski definition) is 1. The van der Waals surface area contributed by atoms with Gasteiger partial charge in [0.2, 0.25) is 5.91 Å². The van der Waals surface area contributed by atoms with E-state index in [2.05, 4.69) is 10.2 Å². The molecule has 1 saturated heterocycles. The molecular weight excluding hydrogens is 347 g/mol. The van der Waals surface area contributed by atoms with E-state index in [0.29, 0.717) is 31.1 Å². The Balaban J connectivity index is 1.69. The summed E-state index contributed by atoms with van der Waals surface area (Å²) in [4.78, 5) is 14.8. The molecule has 0 saturated carbocycles. The van der Waals surface area contributed by atoms with Gasteiger partial charge in [-0.05, 0) is 41.8 Å². The molecule has 0 spiro atoms. The van der Waals surface area contributed by atoms with Crippen molar-refractivity contribution >= 4 is 17.3 Å². The minimum Gasteiger partial charge on any atom is -0.495 e. The van der Waals surface area contributed by atoms with Crippen molar-refractivity contribution in [2.45, 2.75) is 19.3 Å². The maximum Gasteiger partial charge on any atom is 0.225 e. The van der Waals surface area contributed by atoms with E-state index in [-0.39, 0.29) is 17.6 Å². The Bertz CT molecular complexity index is 773. The van der Waals surface area contributed by atoms with Gasteiger partial charge in [-0.2, -0.15) is 0 Å². The van der Waals surface area contributed by atoms with Crippen LogP contribution in [0, 0.1) is 5.82 Å². The second-order valence-electron chi connectivity index (χ2n) is 6.69. The van der Waals surface area contributed by atoms with Gasteiger partial charge in [-0.25, -0.2) is 4.39 Å². The van der Waals surface area contributed by atoms with Crippen molar-refractivity contribution in [3.05, 3.63) is 53.8 Å². The maximum atomic E-state index is 13.1. The predicted molar refractivity (Wildman–Crippen MR) is 104 cm³/mol. The average Bonchev–Trinajstić information content (AvgIpc) is 2.69. The third kappa shape index (κ3) is 4.98. The van der Waals surface area contributed by atoms with Crippen molar-refractivity contribution in [2.24, 2.45) is 0 Å². The molecule has 5 nitrogen and oxygen atoms in total. The van der Waals surface area contributed by atoms with Crippen molar-refractivity contribution in [3.63, 3.8) is 0 Å². The summed E-state index contributed by atoms with van der Waals surface area (Å²) in [6.45, 7) is 4.99. The number of carbonyl (C=O) groups excluding carboxylic acids is 1. The molecule has 1 aliphatic rings. The number of nitrogens with one attached hydrogen (secondary N) is 1. The van der Waals surface area contributed by atoms with Crippen LogP contribution in [0.3, 0.4) is 0 Å². The quantitative estimate of drug-likeness (QED) is 0.838. The van der Waals surface area contributed by atoms with Crippen LogP contribution >= 0.6 is 0 Å². The maximum absolute atomic E-state index is 13.1. The van der Waals surface area contributed by atoms with Gasteiger partial charge in [0, 0.05) is 25.2 Å². The first-order valence-electron chi connectivity index (χ1n) is 9.13. The lowest BCUT2D eigenvalue weighted by Gasteiger charge is -2.29. The number of amides is 1. The summed E-state index contributed by atoms with van der Waals surface area (Å²) in [5.74, 6) is 0.220. The Kier molecular flexibility index (Phi) is 6.29. The lowest BCUT2D eigenvalue weighted by molar-refractivity contribution is -0.116. The van der Waals surface area contributed by atoms with Crippen molar-refractivity contribution in [2.75, 3.05) is 43.6 Å². The zero-order valence-electron chi connectivity index (χ0n) is 15.7. The normalized spacial score (nSPS) is 15.3. The molecule has 1 heterocycles. The number of benzene rings is 2. The molecule has 144 valence electrons. The van der Waals surface area contributed by atoms with Gasteiger partial charge in [-0.15, -0.1) is 0 Å². The summed E-state index contributed by atoms with van der Waals surface area (Å²) in [6, 6.07) is 12.0. The third-order valence-electron chi connectivity index (χ3n) is 4.76. The van der Waals surface area contributed by atoms with E-state index < -0.39 is 0 Å². The van der Waals surface area contributed by atoms with Crippen LogP contribution in [-0.4, -0.2) is 39.3 Å². The van der Waals surface area contributed by atoms with E-state index in [4.69, 9.17) is 9.47 Å². The fourth-order valence-electron chi connectivity index (χ4n) is 3.20. The van der Waals surface area contributed by atoms with Crippen LogP contribution in [0.4, 0.5) is 15.8 Å². The number of halogens is 1. The van der Waals surface area contributed by atoms with Crippen molar-refractivity contribution < 1.29 is 18.7 Å².